The topological polar surface area (TPSA) is 52.2 Å². The van der Waals surface area contributed by atoms with E-state index in [1.165, 1.54) is 5.69 Å². The predicted octanol–water partition coefficient (Wildman–Crippen LogP) is 3.97. The second-order valence-corrected chi connectivity index (χ2v) is 10.6. The van der Waals surface area contributed by atoms with Gasteiger partial charge >= 0.3 is 0 Å². The lowest BCUT2D eigenvalue weighted by atomic mass is 10.0. The Morgan fingerprint density at radius 3 is 2.28 bits per heavy atom. The summed E-state index contributed by atoms with van der Waals surface area (Å²) < 4.78 is 5.57. The second kappa shape index (κ2) is 11.6. The largest absolute Gasteiger partial charge is 0.496 e. The fraction of sp³-hybridized carbons (Fsp3) is 0.586. The molecule has 0 bridgehead atoms. The number of benzene rings is 1. The number of ether oxygens (including phenoxy) is 1. The van der Waals surface area contributed by atoms with Gasteiger partial charge in [0.1, 0.15) is 5.75 Å². The van der Waals surface area contributed by atoms with Crippen LogP contribution in [0, 0.1) is 13.8 Å². The van der Waals surface area contributed by atoms with Crippen molar-refractivity contribution in [2.24, 2.45) is 0 Å². The maximum absolute atomic E-state index is 13.2. The molecule has 1 amide bonds. The second-order valence-electron chi connectivity index (χ2n) is 10.6. The molecular formula is C29H43N5O2. The van der Waals surface area contributed by atoms with E-state index >= 15 is 0 Å². The van der Waals surface area contributed by atoms with Crippen molar-refractivity contribution in [1.29, 1.82) is 0 Å². The number of carbonyl (C=O) groups excluding carboxylic acids is 1. The summed E-state index contributed by atoms with van der Waals surface area (Å²) in [7, 11) is 3.68. The lowest BCUT2D eigenvalue weighted by Crippen LogP contribution is -2.48. The first kappa shape index (κ1) is 26.4. The first-order chi connectivity index (χ1) is 17.3. The van der Waals surface area contributed by atoms with Crippen LogP contribution in [0.25, 0.3) is 0 Å². The molecule has 3 heterocycles. The number of anilines is 1. The van der Waals surface area contributed by atoms with E-state index in [0.29, 0.717) is 6.04 Å². The van der Waals surface area contributed by atoms with Gasteiger partial charge in [0.2, 0.25) is 0 Å². The van der Waals surface area contributed by atoms with Gasteiger partial charge in [-0.1, -0.05) is 0 Å². The predicted molar refractivity (Wildman–Crippen MR) is 146 cm³/mol. The van der Waals surface area contributed by atoms with Crippen molar-refractivity contribution in [3.63, 3.8) is 0 Å². The Morgan fingerprint density at radius 2 is 1.69 bits per heavy atom. The molecule has 36 heavy (non-hydrogen) atoms. The van der Waals surface area contributed by atoms with E-state index in [-0.39, 0.29) is 11.9 Å². The molecule has 7 nitrogen and oxygen atoms in total. The molecule has 2 saturated heterocycles. The van der Waals surface area contributed by atoms with Crippen LogP contribution < -0.4 is 9.64 Å². The summed E-state index contributed by atoms with van der Waals surface area (Å²) in [4.78, 5) is 27.2. The van der Waals surface area contributed by atoms with Gasteiger partial charge in [-0.2, -0.15) is 0 Å². The fourth-order valence-corrected chi connectivity index (χ4v) is 5.59. The highest BCUT2D eigenvalue weighted by Gasteiger charge is 2.27. The average molecular weight is 494 g/mol. The molecule has 1 aromatic carbocycles. The van der Waals surface area contributed by atoms with Crippen molar-refractivity contribution in [2.75, 3.05) is 58.3 Å². The van der Waals surface area contributed by atoms with Gasteiger partial charge in [0.15, 0.2) is 0 Å². The van der Waals surface area contributed by atoms with Crippen LogP contribution in [0.3, 0.4) is 0 Å². The number of nitrogens with zero attached hydrogens (tertiary/aromatic N) is 5. The standard InChI is InChI=1S/C29H43N5O2/c1-21(2)33-15-17-34(18-16-33)26-9-7-24(8-10-26)29(35)31(5)25-11-13-32(14-12-25)20-27-23(4)28(36-6)22(3)19-30-27/h7-10,19,21,25H,11-18,20H2,1-6H3. The van der Waals surface area contributed by atoms with Gasteiger partial charge < -0.3 is 14.5 Å². The third-order valence-electron chi connectivity index (χ3n) is 8.07. The Morgan fingerprint density at radius 1 is 1.06 bits per heavy atom. The third kappa shape index (κ3) is 5.84. The maximum Gasteiger partial charge on any atom is 0.253 e. The fourth-order valence-electron chi connectivity index (χ4n) is 5.59. The number of piperidine rings is 1. The van der Waals surface area contributed by atoms with Crippen molar-refractivity contribution in [3.05, 3.63) is 52.8 Å². The number of piperazine rings is 1. The van der Waals surface area contributed by atoms with Crippen molar-refractivity contribution < 1.29 is 9.53 Å². The molecule has 2 aliphatic heterocycles. The van der Waals surface area contributed by atoms with Crippen LogP contribution in [0.15, 0.2) is 30.5 Å². The molecule has 2 aliphatic rings. The van der Waals surface area contributed by atoms with Gasteiger partial charge in [0, 0.05) is 93.5 Å². The van der Waals surface area contributed by atoms with Crippen molar-refractivity contribution >= 4 is 11.6 Å². The number of rotatable bonds is 7. The Labute approximate surface area is 217 Å². The summed E-state index contributed by atoms with van der Waals surface area (Å²) in [5.41, 5.74) is 5.25. The van der Waals surface area contributed by atoms with Gasteiger partial charge in [-0.25, -0.2) is 0 Å². The molecule has 196 valence electrons. The Bertz CT molecular complexity index is 1020. The number of amides is 1. The lowest BCUT2D eigenvalue weighted by Gasteiger charge is -2.38. The first-order valence-corrected chi connectivity index (χ1v) is 13.4. The molecule has 0 saturated carbocycles. The number of pyridine rings is 1. The van der Waals surface area contributed by atoms with E-state index in [2.05, 4.69) is 52.6 Å². The number of carbonyl (C=O) groups is 1. The van der Waals surface area contributed by atoms with E-state index < -0.39 is 0 Å². The smallest absolute Gasteiger partial charge is 0.253 e. The maximum atomic E-state index is 13.2. The van der Waals surface area contributed by atoms with Crippen LogP contribution >= 0.6 is 0 Å². The van der Waals surface area contributed by atoms with Crippen LogP contribution in [0.2, 0.25) is 0 Å². The quantitative estimate of drug-likeness (QED) is 0.582. The molecule has 0 radical (unpaired) electrons. The minimum absolute atomic E-state index is 0.116. The molecular weight excluding hydrogens is 450 g/mol. The zero-order chi connectivity index (χ0) is 25.8. The number of likely N-dealkylation sites (tertiary alicyclic amines) is 1. The zero-order valence-electron chi connectivity index (χ0n) is 23.0. The van der Waals surface area contributed by atoms with Crippen LogP contribution in [-0.2, 0) is 6.54 Å². The number of aromatic nitrogens is 1. The monoisotopic (exact) mass is 493 g/mol. The van der Waals surface area contributed by atoms with Crippen LogP contribution in [0.1, 0.15) is 53.9 Å². The Kier molecular flexibility index (Phi) is 8.52. The summed E-state index contributed by atoms with van der Waals surface area (Å²) in [5.74, 6) is 1.05. The molecule has 0 spiro atoms. The van der Waals surface area contributed by atoms with Gasteiger partial charge in [0.25, 0.3) is 5.91 Å². The molecule has 2 fully saturated rings. The summed E-state index contributed by atoms with van der Waals surface area (Å²) in [5, 5.41) is 0. The number of hydrogen-bond donors (Lipinski definition) is 0. The average Bonchev–Trinajstić information content (AvgIpc) is 2.90. The van der Waals surface area contributed by atoms with E-state index in [0.717, 1.165) is 86.8 Å². The van der Waals surface area contributed by atoms with Crippen molar-refractivity contribution in [1.82, 2.24) is 19.7 Å². The molecule has 0 unspecified atom stereocenters. The molecule has 0 aliphatic carbocycles. The van der Waals surface area contributed by atoms with Crippen molar-refractivity contribution in [2.45, 2.75) is 59.2 Å². The minimum atomic E-state index is 0.116. The van der Waals surface area contributed by atoms with Crippen molar-refractivity contribution in [3.8, 4) is 5.75 Å². The summed E-state index contributed by atoms with van der Waals surface area (Å²) >= 11 is 0. The molecule has 7 heteroatoms. The SMILES string of the molecule is COc1c(C)cnc(CN2CCC(N(C)C(=O)c3ccc(N4CCN(C(C)C)CC4)cc3)CC2)c1C. The van der Waals surface area contributed by atoms with E-state index in [1.807, 2.05) is 37.2 Å². The van der Waals surface area contributed by atoms with E-state index in [4.69, 9.17) is 4.74 Å². The normalized spacial score (nSPS) is 18.0. The van der Waals surface area contributed by atoms with Crippen LogP contribution in [0.5, 0.6) is 5.75 Å². The zero-order valence-corrected chi connectivity index (χ0v) is 23.0. The van der Waals surface area contributed by atoms with Gasteiger partial charge in [-0.3, -0.25) is 19.6 Å². The highest BCUT2D eigenvalue weighted by atomic mass is 16.5. The molecule has 0 atom stereocenters. The van der Waals surface area contributed by atoms with E-state index in [1.54, 1.807) is 7.11 Å². The molecule has 1 aromatic heterocycles. The third-order valence-corrected chi connectivity index (χ3v) is 8.07. The first-order valence-electron chi connectivity index (χ1n) is 13.4. The van der Waals surface area contributed by atoms with Crippen LogP contribution in [-0.4, -0.2) is 91.1 Å². The highest BCUT2D eigenvalue weighted by molar-refractivity contribution is 5.94. The Balaban J connectivity index is 1.29. The summed E-state index contributed by atoms with van der Waals surface area (Å²) in [6.07, 6.45) is 3.85. The van der Waals surface area contributed by atoms with Gasteiger partial charge in [-0.05, 0) is 64.8 Å². The van der Waals surface area contributed by atoms with E-state index in [9.17, 15) is 4.79 Å². The lowest BCUT2D eigenvalue weighted by molar-refractivity contribution is 0.0635. The summed E-state index contributed by atoms with van der Waals surface area (Å²) in [6.45, 7) is 15.6. The minimum Gasteiger partial charge on any atom is -0.496 e. The van der Waals surface area contributed by atoms with Gasteiger partial charge in [0.05, 0.1) is 12.8 Å². The van der Waals surface area contributed by atoms with Crippen LogP contribution in [0.4, 0.5) is 5.69 Å². The molecule has 4 rings (SSSR count). The number of methoxy groups -OCH3 is 1. The number of hydrogen-bond acceptors (Lipinski definition) is 6. The highest BCUT2D eigenvalue weighted by Crippen LogP contribution is 2.26. The van der Waals surface area contributed by atoms with Gasteiger partial charge in [-0.15, -0.1) is 0 Å². The molecule has 0 N–H and O–H groups in total. The molecule has 2 aromatic rings. The summed E-state index contributed by atoms with van der Waals surface area (Å²) in [6, 6.07) is 9.08. The number of aryl methyl sites for hydroxylation is 1. The Hall–Kier alpha value is -2.64.